The molecule has 2 spiro atoms. The monoisotopic (exact) mass is 431 g/mol. The molecule has 1 aliphatic carbocycles. The van der Waals surface area contributed by atoms with Crippen LogP contribution in [0, 0.1) is 10.8 Å². The first-order chi connectivity index (χ1) is 13.6. The first-order valence-electron chi connectivity index (χ1n) is 9.94. The van der Waals surface area contributed by atoms with Gasteiger partial charge in [0.25, 0.3) is 0 Å². The topological polar surface area (TPSA) is 62.7 Å². The minimum absolute atomic E-state index is 0.00233. The Labute approximate surface area is 168 Å². The molecule has 10 heteroatoms. The van der Waals surface area contributed by atoms with E-state index >= 15 is 0 Å². The van der Waals surface area contributed by atoms with Gasteiger partial charge in [-0.05, 0) is 30.9 Å². The number of aromatic nitrogens is 1. The summed E-state index contributed by atoms with van der Waals surface area (Å²) in [6.45, 7) is 6.03. The molecule has 3 saturated heterocycles. The molecule has 0 N–H and O–H groups in total. The van der Waals surface area contributed by atoms with E-state index in [1.54, 1.807) is 6.92 Å². The van der Waals surface area contributed by atoms with Gasteiger partial charge in [0.05, 0.1) is 13.2 Å². The number of aryl methyl sites for hydroxylation is 1. The number of likely N-dealkylation sites (tertiary alicyclic amines) is 1. The van der Waals surface area contributed by atoms with E-state index < -0.39 is 21.9 Å². The molecular weight excluding hydrogens is 407 g/mol. The Balaban J connectivity index is 1.23. The Bertz CT molecular complexity index is 924. The SMILES string of the molecule is CCc1cc(C(F)(F)F)ncc1S(=O)(=O)N1CC2(CN(C3CC4(COC4)C3)C2)C1. The van der Waals surface area contributed by atoms with Crippen LogP contribution in [0.3, 0.4) is 0 Å². The van der Waals surface area contributed by atoms with Crippen LogP contribution in [0.25, 0.3) is 0 Å². The lowest BCUT2D eigenvalue weighted by Crippen LogP contribution is -2.76. The van der Waals surface area contributed by atoms with Gasteiger partial charge in [-0.25, -0.2) is 8.42 Å². The molecule has 0 atom stereocenters. The van der Waals surface area contributed by atoms with E-state index in [0.29, 0.717) is 24.5 Å². The van der Waals surface area contributed by atoms with Crippen molar-refractivity contribution in [1.29, 1.82) is 0 Å². The number of hydrogen-bond acceptors (Lipinski definition) is 5. The first-order valence-corrected chi connectivity index (χ1v) is 11.4. The number of alkyl halides is 3. The van der Waals surface area contributed by atoms with Crippen LogP contribution in [0.4, 0.5) is 13.2 Å². The maximum absolute atomic E-state index is 13.0. The molecule has 0 aromatic carbocycles. The zero-order chi connectivity index (χ0) is 20.7. The van der Waals surface area contributed by atoms with E-state index in [2.05, 4.69) is 9.88 Å². The third kappa shape index (κ3) is 3.02. The summed E-state index contributed by atoms with van der Waals surface area (Å²) in [7, 11) is -3.83. The summed E-state index contributed by atoms with van der Waals surface area (Å²) < 4.78 is 71.3. The van der Waals surface area contributed by atoms with E-state index in [1.165, 1.54) is 17.1 Å². The molecule has 0 unspecified atom stereocenters. The molecule has 4 heterocycles. The average molecular weight is 431 g/mol. The van der Waals surface area contributed by atoms with Crippen molar-refractivity contribution in [2.24, 2.45) is 10.8 Å². The van der Waals surface area contributed by atoms with E-state index in [4.69, 9.17) is 4.74 Å². The normalized spacial score (nSPS) is 26.6. The highest BCUT2D eigenvalue weighted by Gasteiger charge is 2.60. The van der Waals surface area contributed by atoms with Crippen molar-refractivity contribution >= 4 is 10.0 Å². The fourth-order valence-electron chi connectivity index (χ4n) is 5.26. The number of pyridine rings is 1. The third-order valence-corrected chi connectivity index (χ3v) is 8.87. The van der Waals surface area contributed by atoms with E-state index in [-0.39, 0.29) is 22.3 Å². The first kappa shape index (κ1) is 19.7. The van der Waals surface area contributed by atoms with Gasteiger partial charge in [0.2, 0.25) is 10.0 Å². The van der Waals surface area contributed by atoms with Crippen LogP contribution < -0.4 is 0 Å². The van der Waals surface area contributed by atoms with Crippen LogP contribution in [0.5, 0.6) is 0 Å². The summed E-state index contributed by atoms with van der Waals surface area (Å²) in [5.74, 6) is 0. The number of hydrogen-bond donors (Lipinski definition) is 0. The Morgan fingerprint density at radius 3 is 2.34 bits per heavy atom. The molecule has 1 saturated carbocycles. The maximum Gasteiger partial charge on any atom is 0.433 e. The number of sulfonamides is 1. The van der Waals surface area contributed by atoms with Crippen molar-refractivity contribution in [3.05, 3.63) is 23.5 Å². The molecule has 3 aliphatic heterocycles. The molecule has 0 bridgehead atoms. The van der Waals surface area contributed by atoms with Gasteiger partial charge in [0.15, 0.2) is 0 Å². The van der Waals surface area contributed by atoms with Crippen molar-refractivity contribution < 1.29 is 26.3 Å². The fourth-order valence-corrected chi connectivity index (χ4v) is 7.14. The van der Waals surface area contributed by atoms with Crippen LogP contribution in [0.1, 0.15) is 31.0 Å². The number of nitrogens with zero attached hydrogens (tertiary/aromatic N) is 3. The van der Waals surface area contributed by atoms with Gasteiger partial charge >= 0.3 is 6.18 Å². The molecular formula is C19H24F3N3O3S. The van der Waals surface area contributed by atoms with Crippen LogP contribution in [-0.4, -0.2) is 68.0 Å². The van der Waals surface area contributed by atoms with E-state index in [1.807, 2.05) is 0 Å². The van der Waals surface area contributed by atoms with Crippen molar-refractivity contribution in [2.75, 3.05) is 39.4 Å². The summed E-state index contributed by atoms with van der Waals surface area (Å²) in [6.07, 6.45) is -1.19. The van der Waals surface area contributed by atoms with Gasteiger partial charge in [-0.2, -0.15) is 17.5 Å². The lowest BCUT2D eigenvalue weighted by atomic mass is 9.61. The van der Waals surface area contributed by atoms with Gasteiger partial charge in [0.1, 0.15) is 10.6 Å². The number of halogens is 3. The highest BCUT2D eigenvalue weighted by Crippen LogP contribution is 2.53. The predicted octanol–water partition coefficient (Wildman–Crippen LogP) is 2.15. The fraction of sp³-hybridized carbons (Fsp3) is 0.737. The smallest absolute Gasteiger partial charge is 0.380 e. The van der Waals surface area contributed by atoms with Crippen LogP contribution in [-0.2, 0) is 27.4 Å². The molecule has 4 fully saturated rings. The average Bonchev–Trinajstić information content (AvgIpc) is 2.50. The highest BCUT2D eigenvalue weighted by atomic mass is 32.2. The standard InChI is InChI=1S/C19H24F3N3O3S/c1-2-13-3-16(19(20,21)22)23-6-15(13)29(26,27)25-9-18(10-25)7-24(8-18)14-4-17(5-14)11-28-12-17/h3,6,14H,2,4-5,7-12H2,1H3. The molecule has 0 amide bonds. The lowest BCUT2D eigenvalue weighted by molar-refractivity contribution is -0.211. The largest absolute Gasteiger partial charge is 0.433 e. The quantitative estimate of drug-likeness (QED) is 0.731. The van der Waals surface area contributed by atoms with Crippen molar-refractivity contribution in [3.8, 4) is 0 Å². The van der Waals surface area contributed by atoms with Crippen LogP contribution >= 0.6 is 0 Å². The Hall–Kier alpha value is -1.23. The minimum Gasteiger partial charge on any atom is -0.380 e. The van der Waals surface area contributed by atoms with E-state index in [0.717, 1.165) is 38.6 Å². The molecule has 6 nitrogen and oxygen atoms in total. The summed E-state index contributed by atoms with van der Waals surface area (Å²) in [4.78, 5) is 5.70. The second-order valence-corrected chi connectivity index (χ2v) is 11.2. The van der Waals surface area contributed by atoms with Gasteiger partial charge in [-0.15, -0.1) is 0 Å². The molecule has 29 heavy (non-hydrogen) atoms. The number of ether oxygens (including phenoxy) is 1. The van der Waals surface area contributed by atoms with Crippen LogP contribution in [0.2, 0.25) is 0 Å². The summed E-state index contributed by atoms with van der Waals surface area (Å²) in [5, 5.41) is 0. The number of rotatable bonds is 4. The van der Waals surface area contributed by atoms with Crippen molar-refractivity contribution in [2.45, 2.75) is 43.3 Å². The molecule has 1 aromatic rings. The van der Waals surface area contributed by atoms with Crippen molar-refractivity contribution in [1.82, 2.24) is 14.2 Å². The minimum atomic E-state index is -4.59. The molecule has 160 valence electrons. The van der Waals surface area contributed by atoms with Gasteiger partial charge in [0, 0.05) is 49.2 Å². The molecule has 1 aromatic heterocycles. The predicted molar refractivity (Wildman–Crippen MR) is 97.7 cm³/mol. The summed E-state index contributed by atoms with van der Waals surface area (Å²) in [5.41, 5.74) is -0.490. The third-order valence-electron chi connectivity index (χ3n) is 7.01. The summed E-state index contributed by atoms with van der Waals surface area (Å²) >= 11 is 0. The molecule has 5 rings (SSSR count). The molecule has 0 radical (unpaired) electrons. The van der Waals surface area contributed by atoms with Gasteiger partial charge in [-0.3, -0.25) is 9.88 Å². The second kappa shape index (κ2) is 6.15. The van der Waals surface area contributed by atoms with Gasteiger partial charge in [-0.1, -0.05) is 6.92 Å². The lowest BCUT2D eigenvalue weighted by Gasteiger charge is -2.65. The second-order valence-electron chi connectivity index (χ2n) is 9.26. The summed E-state index contributed by atoms with van der Waals surface area (Å²) in [6, 6.07) is 1.44. The van der Waals surface area contributed by atoms with Gasteiger partial charge < -0.3 is 4.74 Å². The maximum atomic E-state index is 13.0. The zero-order valence-corrected chi connectivity index (χ0v) is 17.0. The Morgan fingerprint density at radius 1 is 1.17 bits per heavy atom. The Kier molecular flexibility index (Phi) is 4.18. The Morgan fingerprint density at radius 2 is 1.83 bits per heavy atom. The van der Waals surface area contributed by atoms with Crippen LogP contribution in [0.15, 0.2) is 17.2 Å². The molecule has 4 aliphatic rings. The van der Waals surface area contributed by atoms with Crippen molar-refractivity contribution in [3.63, 3.8) is 0 Å². The zero-order valence-electron chi connectivity index (χ0n) is 16.2. The highest BCUT2D eigenvalue weighted by molar-refractivity contribution is 7.89. The van der Waals surface area contributed by atoms with E-state index in [9.17, 15) is 21.6 Å².